The van der Waals surface area contributed by atoms with E-state index in [0.717, 1.165) is 43.5 Å². The van der Waals surface area contributed by atoms with Crippen LogP contribution in [0.5, 0.6) is 0 Å². The van der Waals surface area contributed by atoms with Gasteiger partial charge < -0.3 is 19.5 Å². The van der Waals surface area contributed by atoms with Crippen molar-refractivity contribution < 1.29 is 19.4 Å². The van der Waals surface area contributed by atoms with Gasteiger partial charge in [0.2, 0.25) is 6.29 Å². The highest BCUT2D eigenvalue weighted by atomic mass is 16.7. The third kappa shape index (κ3) is 5.44. The maximum absolute atomic E-state index is 13.2. The molecular formula is C25H35NO4. The molecule has 1 aromatic rings. The maximum atomic E-state index is 13.2. The third-order valence-electron chi connectivity index (χ3n) is 6.84. The molecule has 1 saturated carbocycles. The molecule has 3 aliphatic rings. The van der Waals surface area contributed by atoms with Gasteiger partial charge in [0.1, 0.15) is 0 Å². The second-order valence-corrected chi connectivity index (χ2v) is 9.01. The first kappa shape index (κ1) is 21.4. The van der Waals surface area contributed by atoms with Crippen molar-refractivity contribution in [2.45, 2.75) is 77.3 Å². The lowest BCUT2D eigenvalue weighted by atomic mass is 9.73. The van der Waals surface area contributed by atoms with E-state index >= 15 is 0 Å². The molecule has 0 radical (unpaired) electrons. The van der Waals surface area contributed by atoms with Gasteiger partial charge >= 0.3 is 0 Å². The highest BCUT2D eigenvalue weighted by Gasteiger charge is 2.35. The first-order chi connectivity index (χ1) is 14.7. The topological polar surface area (TPSA) is 59.0 Å². The first-order valence-electron chi connectivity index (χ1n) is 11.7. The number of hydrogen-bond acceptors (Lipinski definition) is 4. The summed E-state index contributed by atoms with van der Waals surface area (Å²) in [6.45, 7) is 2.15. The van der Waals surface area contributed by atoms with Gasteiger partial charge in [0, 0.05) is 19.5 Å². The molecule has 0 unspecified atom stereocenters. The number of likely N-dealkylation sites (tertiary alicyclic amines) is 1. The summed E-state index contributed by atoms with van der Waals surface area (Å²) in [4.78, 5) is 15.2. The zero-order valence-electron chi connectivity index (χ0n) is 17.9. The van der Waals surface area contributed by atoms with Crippen molar-refractivity contribution in [3.05, 3.63) is 47.2 Å². The predicted octanol–water partition coefficient (Wildman–Crippen LogP) is 4.53. The zero-order valence-corrected chi connectivity index (χ0v) is 17.9. The number of aliphatic hydroxyl groups is 1. The number of aliphatic hydroxyl groups excluding tert-OH is 1. The Kier molecular flexibility index (Phi) is 7.45. The lowest BCUT2D eigenvalue weighted by Crippen LogP contribution is -2.39. The average Bonchev–Trinajstić information content (AvgIpc) is 2.70. The minimum atomic E-state index is -0.383. The van der Waals surface area contributed by atoms with Crippen LogP contribution in [0.25, 0.3) is 0 Å². The number of hydrogen-bond donors (Lipinski definition) is 1. The van der Waals surface area contributed by atoms with Gasteiger partial charge in [0.05, 0.1) is 13.2 Å². The number of nitrogens with zero attached hydrogens (tertiary/aromatic N) is 1. The zero-order chi connectivity index (χ0) is 20.8. The number of ether oxygens (including phenoxy) is 2. The van der Waals surface area contributed by atoms with Crippen LogP contribution in [-0.4, -0.2) is 35.3 Å². The molecule has 2 heterocycles. The molecule has 2 aliphatic heterocycles. The summed E-state index contributed by atoms with van der Waals surface area (Å²) >= 11 is 0. The molecule has 1 N–H and O–H groups in total. The van der Waals surface area contributed by atoms with Gasteiger partial charge in [-0.05, 0) is 54.7 Å². The van der Waals surface area contributed by atoms with Crippen LogP contribution in [0, 0.1) is 11.8 Å². The normalized spacial score (nSPS) is 25.5. The van der Waals surface area contributed by atoms with Crippen LogP contribution in [0.2, 0.25) is 0 Å². The van der Waals surface area contributed by atoms with Crippen molar-refractivity contribution in [1.82, 2.24) is 4.90 Å². The van der Waals surface area contributed by atoms with E-state index in [4.69, 9.17) is 9.47 Å². The Morgan fingerprint density at radius 1 is 1.00 bits per heavy atom. The Balaban J connectivity index is 1.41. The molecule has 4 rings (SSSR count). The molecular weight excluding hydrogens is 378 g/mol. The molecule has 1 aliphatic carbocycles. The SMILES string of the molecule is O=C(C1=C[C@H](C2CCC2)C[C@H](OCc2ccc(CO)cc2)O1)N1CCCCCCC1. The summed E-state index contributed by atoms with van der Waals surface area (Å²) in [6, 6.07) is 7.77. The van der Waals surface area contributed by atoms with Gasteiger partial charge in [-0.1, -0.05) is 49.9 Å². The number of benzene rings is 1. The van der Waals surface area contributed by atoms with Gasteiger partial charge in [0.25, 0.3) is 5.91 Å². The van der Waals surface area contributed by atoms with Gasteiger partial charge in [-0.15, -0.1) is 0 Å². The molecule has 1 saturated heterocycles. The molecule has 5 nitrogen and oxygen atoms in total. The van der Waals surface area contributed by atoms with Gasteiger partial charge in [0.15, 0.2) is 5.76 Å². The summed E-state index contributed by atoms with van der Waals surface area (Å²) in [6.07, 6.45) is 12.1. The number of carbonyl (C=O) groups is 1. The van der Waals surface area contributed by atoms with E-state index < -0.39 is 0 Å². The standard InChI is InChI=1S/C25H35NO4/c27-17-19-9-11-20(12-10-19)18-29-24-16-22(21-7-6-8-21)15-23(30-24)25(28)26-13-4-2-1-3-5-14-26/h9-12,15,21-22,24,27H,1-8,13-14,16-18H2/t22-,24+/m0/s1. The Morgan fingerprint density at radius 2 is 1.67 bits per heavy atom. The first-order valence-corrected chi connectivity index (χ1v) is 11.7. The van der Waals surface area contributed by atoms with Crippen LogP contribution in [0.1, 0.15) is 68.9 Å². The van der Waals surface area contributed by atoms with Crippen LogP contribution in [0.15, 0.2) is 36.1 Å². The van der Waals surface area contributed by atoms with Crippen LogP contribution in [0.3, 0.4) is 0 Å². The third-order valence-corrected chi connectivity index (χ3v) is 6.84. The summed E-state index contributed by atoms with van der Waals surface area (Å²) < 4.78 is 12.2. The summed E-state index contributed by atoms with van der Waals surface area (Å²) in [7, 11) is 0. The van der Waals surface area contributed by atoms with Crippen molar-refractivity contribution in [2.24, 2.45) is 11.8 Å². The van der Waals surface area contributed by atoms with E-state index in [-0.39, 0.29) is 18.8 Å². The monoisotopic (exact) mass is 413 g/mol. The largest absolute Gasteiger partial charge is 0.459 e. The highest BCUT2D eigenvalue weighted by molar-refractivity contribution is 5.91. The smallest absolute Gasteiger partial charge is 0.288 e. The van der Waals surface area contributed by atoms with Crippen LogP contribution in [-0.2, 0) is 27.5 Å². The van der Waals surface area contributed by atoms with E-state index in [1.54, 1.807) is 0 Å². The molecule has 0 spiro atoms. The molecule has 1 amide bonds. The molecule has 1 aromatic carbocycles. The van der Waals surface area contributed by atoms with E-state index in [2.05, 4.69) is 6.08 Å². The van der Waals surface area contributed by atoms with Crippen molar-refractivity contribution in [1.29, 1.82) is 0 Å². The minimum Gasteiger partial charge on any atom is -0.459 e. The Morgan fingerprint density at radius 3 is 2.30 bits per heavy atom. The second-order valence-electron chi connectivity index (χ2n) is 9.01. The van der Waals surface area contributed by atoms with Gasteiger partial charge in [-0.25, -0.2) is 0 Å². The summed E-state index contributed by atoms with van der Waals surface area (Å²) in [5.41, 5.74) is 1.93. The van der Waals surface area contributed by atoms with Crippen LogP contribution >= 0.6 is 0 Å². The second kappa shape index (κ2) is 10.5. The molecule has 30 heavy (non-hydrogen) atoms. The minimum absolute atomic E-state index is 0.0434. The number of carbonyl (C=O) groups excluding carboxylic acids is 1. The Hall–Kier alpha value is -1.85. The molecule has 0 aromatic heterocycles. The summed E-state index contributed by atoms with van der Waals surface area (Å²) in [5.74, 6) is 1.56. The van der Waals surface area contributed by atoms with Crippen molar-refractivity contribution >= 4 is 5.91 Å². The van der Waals surface area contributed by atoms with Crippen molar-refractivity contribution in [3.8, 4) is 0 Å². The lowest BCUT2D eigenvalue weighted by molar-refractivity contribution is -0.161. The average molecular weight is 414 g/mol. The van der Waals surface area contributed by atoms with E-state index in [9.17, 15) is 9.90 Å². The highest BCUT2D eigenvalue weighted by Crippen LogP contribution is 2.40. The molecule has 2 atom stereocenters. The number of rotatable bonds is 6. The van der Waals surface area contributed by atoms with E-state index in [1.807, 2.05) is 29.2 Å². The lowest BCUT2D eigenvalue weighted by Gasteiger charge is -2.38. The quantitative estimate of drug-likeness (QED) is 0.744. The predicted molar refractivity (Wildman–Crippen MR) is 115 cm³/mol. The van der Waals surface area contributed by atoms with Crippen LogP contribution in [0.4, 0.5) is 0 Å². The van der Waals surface area contributed by atoms with Crippen molar-refractivity contribution in [3.63, 3.8) is 0 Å². The Bertz CT molecular complexity index is 717. The molecule has 2 fully saturated rings. The molecule has 164 valence electrons. The molecule has 0 bridgehead atoms. The van der Waals surface area contributed by atoms with Crippen LogP contribution < -0.4 is 0 Å². The molecule has 5 heteroatoms. The fourth-order valence-corrected chi connectivity index (χ4v) is 4.67. The maximum Gasteiger partial charge on any atom is 0.288 e. The fourth-order valence-electron chi connectivity index (χ4n) is 4.67. The van der Waals surface area contributed by atoms with Gasteiger partial charge in [-0.2, -0.15) is 0 Å². The Labute approximate surface area is 180 Å². The fraction of sp³-hybridized carbons (Fsp3) is 0.640. The number of allylic oxidation sites excluding steroid dienone is 1. The van der Waals surface area contributed by atoms with E-state index in [1.165, 1.54) is 38.5 Å². The number of amides is 1. The summed E-state index contributed by atoms with van der Waals surface area (Å²) in [5, 5.41) is 9.20. The van der Waals surface area contributed by atoms with Gasteiger partial charge in [-0.3, -0.25) is 4.79 Å². The van der Waals surface area contributed by atoms with Crippen molar-refractivity contribution in [2.75, 3.05) is 13.1 Å². The van der Waals surface area contributed by atoms with E-state index in [0.29, 0.717) is 24.2 Å².